The van der Waals surface area contributed by atoms with E-state index in [1.807, 2.05) is 13.8 Å². The van der Waals surface area contributed by atoms with Crippen molar-refractivity contribution in [3.63, 3.8) is 0 Å². The van der Waals surface area contributed by atoms with Crippen LogP contribution in [0.4, 0.5) is 0 Å². The summed E-state index contributed by atoms with van der Waals surface area (Å²) in [5.41, 5.74) is -0.852. The van der Waals surface area contributed by atoms with Gasteiger partial charge in [-0.05, 0) is 44.9 Å². The number of unbranched alkanes of at least 4 members (excludes halogenated alkanes) is 1. The molecule has 1 unspecified atom stereocenters. The van der Waals surface area contributed by atoms with Crippen molar-refractivity contribution in [1.82, 2.24) is 4.90 Å². The molecule has 0 bridgehead atoms. The van der Waals surface area contributed by atoms with Crippen molar-refractivity contribution >= 4 is 11.9 Å². The molecule has 5 nitrogen and oxygen atoms in total. The zero-order chi connectivity index (χ0) is 15.9. The van der Waals surface area contributed by atoms with Crippen molar-refractivity contribution in [2.75, 3.05) is 27.4 Å². The second-order valence-corrected chi connectivity index (χ2v) is 6.02. The van der Waals surface area contributed by atoms with E-state index in [2.05, 4.69) is 0 Å². The molecule has 1 aliphatic rings. The SMILES string of the molecule is CCC(C)(C(=O)OC)N(CC1CC1)C(=O)CCCCOC. The summed E-state index contributed by atoms with van der Waals surface area (Å²) in [6, 6.07) is 0. The van der Waals surface area contributed by atoms with Crippen molar-refractivity contribution in [2.24, 2.45) is 5.92 Å². The van der Waals surface area contributed by atoms with Crippen LogP contribution in [-0.4, -0.2) is 49.7 Å². The van der Waals surface area contributed by atoms with Gasteiger partial charge in [-0.3, -0.25) is 4.79 Å². The Labute approximate surface area is 128 Å². The standard InChI is InChI=1S/C16H29NO4/c1-5-16(2,15(19)21-4)17(12-13-9-10-13)14(18)8-6-7-11-20-3/h13H,5-12H2,1-4H3. The highest BCUT2D eigenvalue weighted by Crippen LogP contribution is 2.34. The predicted octanol–water partition coefficient (Wildman–Crippen LogP) is 2.38. The monoisotopic (exact) mass is 299 g/mol. The van der Waals surface area contributed by atoms with Gasteiger partial charge in [0.25, 0.3) is 0 Å². The molecule has 1 rings (SSSR count). The van der Waals surface area contributed by atoms with E-state index in [0.29, 0.717) is 31.9 Å². The third kappa shape index (κ3) is 4.99. The average Bonchev–Trinajstić information content (AvgIpc) is 3.31. The molecule has 1 amide bonds. The highest BCUT2D eigenvalue weighted by atomic mass is 16.5. The minimum absolute atomic E-state index is 0.0488. The lowest BCUT2D eigenvalue weighted by Crippen LogP contribution is -2.56. The van der Waals surface area contributed by atoms with Crippen molar-refractivity contribution in [3.05, 3.63) is 0 Å². The molecule has 0 aromatic rings. The largest absolute Gasteiger partial charge is 0.467 e. The van der Waals surface area contributed by atoms with Crippen LogP contribution in [0.3, 0.4) is 0 Å². The van der Waals surface area contributed by atoms with Gasteiger partial charge in [0.2, 0.25) is 5.91 Å². The van der Waals surface area contributed by atoms with Crippen LogP contribution in [0.25, 0.3) is 0 Å². The number of carbonyl (C=O) groups excluding carboxylic acids is 2. The molecule has 0 spiro atoms. The van der Waals surface area contributed by atoms with E-state index >= 15 is 0 Å². The number of nitrogens with zero attached hydrogens (tertiary/aromatic N) is 1. The molecule has 0 aromatic heterocycles. The maximum Gasteiger partial charge on any atom is 0.331 e. The summed E-state index contributed by atoms with van der Waals surface area (Å²) in [7, 11) is 3.04. The van der Waals surface area contributed by atoms with E-state index < -0.39 is 5.54 Å². The van der Waals surface area contributed by atoms with Gasteiger partial charge in [-0.1, -0.05) is 6.92 Å². The molecule has 0 aromatic carbocycles. The molecule has 5 heteroatoms. The van der Waals surface area contributed by atoms with Crippen LogP contribution in [0.5, 0.6) is 0 Å². The molecule has 0 radical (unpaired) electrons. The molecule has 0 saturated heterocycles. The molecular formula is C16H29NO4. The van der Waals surface area contributed by atoms with Gasteiger partial charge in [0.15, 0.2) is 0 Å². The molecule has 0 heterocycles. The lowest BCUT2D eigenvalue weighted by atomic mass is 9.95. The summed E-state index contributed by atoms with van der Waals surface area (Å²) in [5.74, 6) is 0.270. The second-order valence-electron chi connectivity index (χ2n) is 6.02. The van der Waals surface area contributed by atoms with E-state index in [-0.39, 0.29) is 11.9 Å². The molecular weight excluding hydrogens is 270 g/mol. The van der Waals surface area contributed by atoms with E-state index in [0.717, 1.165) is 25.7 Å². The van der Waals surface area contributed by atoms with Crippen molar-refractivity contribution in [3.8, 4) is 0 Å². The zero-order valence-corrected chi connectivity index (χ0v) is 13.8. The highest BCUT2D eigenvalue weighted by molar-refractivity contribution is 5.87. The smallest absolute Gasteiger partial charge is 0.331 e. The summed E-state index contributed by atoms with van der Waals surface area (Å²) in [4.78, 5) is 26.5. The Bertz CT molecular complexity index is 354. The first-order valence-electron chi connectivity index (χ1n) is 7.87. The normalized spacial score (nSPS) is 17.1. The summed E-state index contributed by atoms with van der Waals surface area (Å²) in [6.45, 7) is 5.07. The number of carbonyl (C=O) groups is 2. The van der Waals surface area contributed by atoms with Gasteiger partial charge in [0.05, 0.1) is 7.11 Å². The maximum atomic E-state index is 12.6. The van der Waals surface area contributed by atoms with Gasteiger partial charge in [0.1, 0.15) is 5.54 Å². The lowest BCUT2D eigenvalue weighted by molar-refractivity contribution is -0.161. The minimum Gasteiger partial charge on any atom is -0.467 e. The van der Waals surface area contributed by atoms with Gasteiger partial charge < -0.3 is 14.4 Å². The number of esters is 1. The quantitative estimate of drug-likeness (QED) is 0.459. The van der Waals surface area contributed by atoms with Crippen molar-refractivity contribution in [1.29, 1.82) is 0 Å². The van der Waals surface area contributed by atoms with Crippen LogP contribution in [0.2, 0.25) is 0 Å². The Morgan fingerprint density at radius 1 is 1.24 bits per heavy atom. The molecule has 0 N–H and O–H groups in total. The number of methoxy groups -OCH3 is 2. The van der Waals surface area contributed by atoms with Crippen molar-refractivity contribution < 1.29 is 19.1 Å². The van der Waals surface area contributed by atoms with Gasteiger partial charge in [0, 0.05) is 26.7 Å². The fraction of sp³-hybridized carbons (Fsp3) is 0.875. The molecule has 1 fully saturated rings. The van der Waals surface area contributed by atoms with Gasteiger partial charge in [-0.25, -0.2) is 4.79 Å². The van der Waals surface area contributed by atoms with Gasteiger partial charge in [-0.2, -0.15) is 0 Å². The predicted molar refractivity (Wildman–Crippen MR) is 80.9 cm³/mol. The van der Waals surface area contributed by atoms with Crippen LogP contribution in [0.1, 0.15) is 52.4 Å². The molecule has 1 aliphatic carbocycles. The Morgan fingerprint density at radius 2 is 1.90 bits per heavy atom. The first-order chi connectivity index (χ1) is 9.99. The van der Waals surface area contributed by atoms with Crippen LogP contribution in [-0.2, 0) is 19.1 Å². The van der Waals surface area contributed by atoms with E-state index in [4.69, 9.17) is 9.47 Å². The van der Waals surface area contributed by atoms with Crippen molar-refractivity contribution in [2.45, 2.75) is 57.9 Å². The second kappa shape index (κ2) is 8.37. The Kier molecular flexibility index (Phi) is 7.15. The zero-order valence-electron chi connectivity index (χ0n) is 13.8. The van der Waals surface area contributed by atoms with E-state index in [1.54, 1.807) is 12.0 Å². The number of amides is 1. The molecule has 21 heavy (non-hydrogen) atoms. The number of rotatable bonds is 10. The fourth-order valence-electron chi connectivity index (χ4n) is 2.46. The highest BCUT2D eigenvalue weighted by Gasteiger charge is 2.43. The van der Waals surface area contributed by atoms with Gasteiger partial charge >= 0.3 is 5.97 Å². The molecule has 0 aliphatic heterocycles. The topological polar surface area (TPSA) is 55.8 Å². The summed E-state index contributed by atoms with van der Waals surface area (Å²) >= 11 is 0. The van der Waals surface area contributed by atoms with Crippen LogP contribution in [0, 0.1) is 5.92 Å². The number of hydrogen-bond donors (Lipinski definition) is 0. The summed E-state index contributed by atoms with van der Waals surface area (Å²) in [5, 5.41) is 0. The first kappa shape index (κ1) is 18.0. The Hall–Kier alpha value is -1.10. The third-order valence-electron chi connectivity index (χ3n) is 4.34. The molecule has 1 atom stereocenters. The number of hydrogen-bond acceptors (Lipinski definition) is 4. The summed E-state index contributed by atoms with van der Waals surface area (Å²) in [6.07, 6.45) is 4.97. The minimum atomic E-state index is -0.852. The maximum absolute atomic E-state index is 12.6. The lowest BCUT2D eigenvalue weighted by Gasteiger charge is -2.38. The first-order valence-corrected chi connectivity index (χ1v) is 7.87. The summed E-state index contributed by atoms with van der Waals surface area (Å²) < 4.78 is 9.93. The fourth-order valence-corrected chi connectivity index (χ4v) is 2.46. The molecule has 122 valence electrons. The van der Waals surface area contributed by atoms with Crippen LogP contribution in [0.15, 0.2) is 0 Å². The Balaban J connectivity index is 2.72. The van der Waals surface area contributed by atoms with Gasteiger partial charge in [-0.15, -0.1) is 0 Å². The van der Waals surface area contributed by atoms with Crippen LogP contribution < -0.4 is 0 Å². The van der Waals surface area contributed by atoms with E-state index in [9.17, 15) is 9.59 Å². The Morgan fingerprint density at radius 3 is 2.38 bits per heavy atom. The third-order valence-corrected chi connectivity index (χ3v) is 4.34. The van der Waals surface area contributed by atoms with Crippen LogP contribution >= 0.6 is 0 Å². The number of ether oxygens (including phenoxy) is 2. The molecule has 1 saturated carbocycles. The van der Waals surface area contributed by atoms with E-state index in [1.165, 1.54) is 7.11 Å². The average molecular weight is 299 g/mol.